The molecule has 3 aromatic rings. The molecule has 2 aliphatic rings. The van der Waals surface area contributed by atoms with E-state index in [-0.39, 0.29) is 5.91 Å². The number of carbonyl (C=O) groups excluding carboxylic acids is 1. The lowest BCUT2D eigenvalue weighted by atomic mass is 9.89. The van der Waals surface area contributed by atoms with Gasteiger partial charge in [-0.1, -0.05) is 11.6 Å². The number of hydrogen-bond donors (Lipinski definition) is 1. The number of hydrogen-bond acceptors (Lipinski definition) is 4. The van der Waals surface area contributed by atoms with Crippen LogP contribution >= 0.6 is 0 Å². The summed E-state index contributed by atoms with van der Waals surface area (Å²) < 4.78 is 7.67. The average Bonchev–Trinajstić information content (AvgIpc) is 3.31. The summed E-state index contributed by atoms with van der Waals surface area (Å²) in [5.41, 5.74) is 8.18. The molecule has 6 nitrogen and oxygen atoms in total. The van der Waals surface area contributed by atoms with Gasteiger partial charge in [0.25, 0.3) is 5.91 Å². The third kappa shape index (κ3) is 2.94. The summed E-state index contributed by atoms with van der Waals surface area (Å²) in [6, 6.07) is 10.7. The SMILES string of the molecule is Cc1ccc2c(c1)c1c3n2CCN(CC(=O)N/N=C/c2ccco2)C3CCC1. The van der Waals surface area contributed by atoms with Gasteiger partial charge < -0.3 is 8.98 Å². The van der Waals surface area contributed by atoms with E-state index in [0.29, 0.717) is 18.3 Å². The van der Waals surface area contributed by atoms with Crippen LogP contribution in [0.2, 0.25) is 0 Å². The number of furan rings is 1. The summed E-state index contributed by atoms with van der Waals surface area (Å²) in [5, 5.41) is 5.40. The number of aryl methyl sites for hydroxylation is 2. The Bertz CT molecular complexity index is 1050. The van der Waals surface area contributed by atoms with Gasteiger partial charge in [0.2, 0.25) is 0 Å². The summed E-state index contributed by atoms with van der Waals surface area (Å²) in [6.45, 7) is 4.32. The molecule has 6 heteroatoms. The van der Waals surface area contributed by atoms with Gasteiger partial charge in [0, 0.05) is 29.7 Å². The molecule has 0 radical (unpaired) electrons. The second-order valence-corrected chi connectivity index (χ2v) is 7.72. The fraction of sp³-hybridized carbons (Fsp3) is 0.364. The highest BCUT2D eigenvalue weighted by atomic mass is 16.3. The maximum Gasteiger partial charge on any atom is 0.254 e. The van der Waals surface area contributed by atoms with Crippen molar-refractivity contribution in [1.29, 1.82) is 0 Å². The van der Waals surface area contributed by atoms with Crippen LogP contribution in [0.15, 0.2) is 46.1 Å². The van der Waals surface area contributed by atoms with Crippen LogP contribution in [0.1, 0.15) is 41.5 Å². The molecule has 0 saturated carbocycles. The first-order valence-electron chi connectivity index (χ1n) is 9.92. The van der Waals surface area contributed by atoms with Crippen molar-refractivity contribution in [1.82, 2.24) is 14.9 Å². The molecule has 1 aromatic carbocycles. The Morgan fingerprint density at radius 2 is 2.29 bits per heavy atom. The summed E-state index contributed by atoms with van der Waals surface area (Å²) in [5.74, 6) is 0.533. The molecule has 144 valence electrons. The number of aromatic nitrogens is 1. The molecule has 0 fully saturated rings. The van der Waals surface area contributed by atoms with Crippen molar-refractivity contribution in [2.45, 2.75) is 38.8 Å². The van der Waals surface area contributed by atoms with Gasteiger partial charge in [0.1, 0.15) is 5.76 Å². The van der Waals surface area contributed by atoms with Crippen LogP contribution in [0.5, 0.6) is 0 Å². The largest absolute Gasteiger partial charge is 0.463 e. The third-order valence-corrected chi connectivity index (χ3v) is 5.91. The maximum absolute atomic E-state index is 12.4. The lowest BCUT2D eigenvalue weighted by molar-refractivity contribution is -0.123. The Morgan fingerprint density at radius 1 is 1.36 bits per heavy atom. The lowest BCUT2D eigenvalue weighted by Crippen LogP contribution is -2.44. The zero-order valence-corrected chi connectivity index (χ0v) is 16.0. The number of amides is 1. The van der Waals surface area contributed by atoms with E-state index in [0.717, 1.165) is 25.9 Å². The topological polar surface area (TPSA) is 62.8 Å². The Morgan fingerprint density at radius 3 is 3.14 bits per heavy atom. The Hall–Kier alpha value is -2.86. The summed E-state index contributed by atoms with van der Waals surface area (Å²) >= 11 is 0. The van der Waals surface area contributed by atoms with Gasteiger partial charge in [0.05, 0.1) is 25.1 Å². The normalized spacial score (nSPS) is 19.2. The zero-order chi connectivity index (χ0) is 19.1. The molecule has 0 bridgehead atoms. The summed E-state index contributed by atoms with van der Waals surface area (Å²) in [6.07, 6.45) is 6.50. The fourth-order valence-electron chi connectivity index (χ4n) is 4.73. The van der Waals surface area contributed by atoms with Gasteiger partial charge >= 0.3 is 0 Å². The highest BCUT2D eigenvalue weighted by Gasteiger charge is 2.35. The molecular weight excluding hydrogens is 352 g/mol. The van der Waals surface area contributed by atoms with Crippen LogP contribution in [0.25, 0.3) is 10.9 Å². The smallest absolute Gasteiger partial charge is 0.254 e. The van der Waals surface area contributed by atoms with Gasteiger partial charge in [-0.05, 0) is 56.0 Å². The van der Waals surface area contributed by atoms with Crippen molar-refractivity contribution >= 4 is 23.0 Å². The summed E-state index contributed by atoms with van der Waals surface area (Å²) in [7, 11) is 0. The molecule has 3 heterocycles. The first-order chi connectivity index (χ1) is 13.7. The van der Waals surface area contributed by atoms with Gasteiger partial charge in [-0.3, -0.25) is 9.69 Å². The highest BCUT2D eigenvalue weighted by Crippen LogP contribution is 2.42. The molecule has 0 spiro atoms. The zero-order valence-electron chi connectivity index (χ0n) is 16.0. The van der Waals surface area contributed by atoms with Crippen molar-refractivity contribution in [2.24, 2.45) is 5.10 Å². The molecule has 1 aliphatic carbocycles. The van der Waals surface area contributed by atoms with Crippen molar-refractivity contribution in [3.8, 4) is 0 Å². The van der Waals surface area contributed by atoms with Gasteiger partial charge in [-0.2, -0.15) is 5.10 Å². The molecular formula is C22H24N4O2. The number of hydrazone groups is 1. The molecule has 1 unspecified atom stereocenters. The number of carbonyl (C=O) groups is 1. The van der Waals surface area contributed by atoms with E-state index in [9.17, 15) is 4.79 Å². The molecule has 1 aliphatic heterocycles. The highest BCUT2D eigenvalue weighted by molar-refractivity contribution is 5.87. The Balaban J connectivity index is 1.36. The fourth-order valence-corrected chi connectivity index (χ4v) is 4.73. The van der Waals surface area contributed by atoms with E-state index in [1.807, 2.05) is 0 Å². The standard InChI is InChI=1S/C22H24N4O2/c1-15-7-8-19-18(12-15)17-5-2-6-20-22(17)26(19)10-9-25(20)14-21(27)24-23-13-16-4-3-11-28-16/h3-4,7-8,11-13,20H,2,5-6,9-10,14H2,1H3,(H,24,27)/b23-13+. The Kier molecular flexibility index (Phi) is 4.28. The number of nitrogens with zero attached hydrogens (tertiary/aromatic N) is 3. The first-order valence-corrected chi connectivity index (χ1v) is 9.92. The minimum absolute atomic E-state index is 0.0877. The number of fused-ring (bicyclic) bond motifs is 3. The van der Waals surface area contributed by atoms with Crippen molar-refractivity contribution in [3.63, 3.8) is 0 Å². The van der Waals surface area contributed by atoms with Gasteiger partial charge in [0.15, 0.2) is 0 Å². The molecule has 0 saturated heterocycles. The molecule has 1 N–H and O–H groups in total. The maximum atomic E-state index is 12.4. The monoisotopic (exact) mass is 376 g/mol. The van der Waals surface area contributed by atoms with E-state index >= 15 is 0 Å². The molecule has 5 rings (SSSR count). The Labute approximate surface area is 163 Å². The van der Waals surface area contributed by atoms with Crippen LogP contribution in [0.4, 0.5) is 0 Å². The van der Waals surface area contributed by atoms with Crippen LogP contribution in [-0.4, -0.2) is 34.7 Å². The molecule has 1 atom stereocenters. The van der Waals surface area contributed by atoms with Gasteiger partial charge in [-0.25, -0.2) is 5.43 Å². The molecule has 2 aromatic heterocycles. The number of rotatable bonds is 4. The molecule has 28 heavy (non-hydrogen) atoms. The van der Waals surface area contributed by atoms with Crippen LogP contribution in [-0.2, 0) is 17.8 Å². The van der Waals surface area contributed by atoms with Gasteiger partial charge in [-0.15, -0.1) is 0 Å². The van der Waals surface area contributed by atoms with Crippen LogP contribution in [0, 0.1) is 6.92 Å². The quantitative estimate of drug-likeness (QED) is 0.561. The minimum atomic E-state index is -0.0877. The van der Waals surface area contributed by atoms with E-state index in [2.05, 4.69) is 45.1 Å². The van der Waals surface area contributed by atoms with E-state index in [1.165, 1.54) is 40.4 Å². The second kappa shape index (κ2) is 6.95. The first kappa shape index (κ1) is 17.3. The van der Waals surface area contributed by atoms with Crippen molar-refractivity contribution in [2.75, 3.05) is 13.1 Å². The third-order valence-electron chi connectivity index (χ3n) is 5.91. The average molecular weight is 376 g/mol. The predicted molar refractivity (Wildman–Crippen MR) is 108 cm³/mol. The lowest BCUT2D eigenvalue weighted by Gasteiger charge is -2.39. The van der Waals surface area contributed by atoms with E-state index < -0.39 is 0 Å². The van der Waals surface area contributed by atoms with Crippen LogP contribution in [0.3, 0.4) is 0 Å². The van der Waals surface area contributed by atoms with E-state index in [1.54, 1.807) is 18.4 Å². The number of benzene rings is 1. The summed E-state index contributed by atoms with van der Waals surface area (Å²) in [4.78, 5) is 14.7. The second-order valence-electron chi connectivity index (χ2n) is 7.72. The van der Waals surface area contributed by atoms with Crippen molar-refractivity contribution in [3.05, 3.63) is 59.2 Å². The minimum Gasteiger partial charge on any atom is -0.463 e. The molecule has 1 amide bonds. The van der Waals surface area contributed by atoms with Crippen molar-refractivity contribution < 1.29 is 9.21 Å². The predicted octanol–water partition coefficient (Wildman–Crippen LogP) is 3.39. The number of nitrogens with one attached hydrogen (secondary N) is 1. The van der Waals surface area contributed by atoms with E-state index in [4.69, 9.17) is 4.42 Å². The van der Waals surface area contributed by atoms with Crippen LogP contribution < -0.4 is 5.43 Å².